The molecule has 1 aliphatic heterocycles. The summed E-state index contributed by atoms with van der Waals surface area (Å²) in [6.07, 6.45) is 5.16. The third-order valence-corrected chi connectivity index (χ3v) is 4.49. The molecule has 4 rings (SSSR count). The third-order valence-electron chi connectivity index (χ3n) is 4.49. The molecule has 8 nitrogen and oxygen atoms in total. The topological polar surface area (TPSA) is 88.8 Å². The van der Waals surface area contributed by atoms with Crippen molar-refractivity contribution in [2.24, 2.45) is 5.92 Å². The lowest BCUT2D eigenvalue weighted by Crippen LogP contribution is -2.54. The molecule has 1 aliphatic rings. The molecule has 0 unspecified atom stereocenters. The van der Waals surface area contributed by atoms with Gasteiger partial charge in [0.25, 0.3) is 0 Å². The zero-order valence-corrected chi connectivity index (χ0v) is 14.5. The van der Waals surface area contributed by atoms with Crippen LogP contribution in [0.1, 0.15) is 5.56 Å². The van der Waals surface area contributed by atoms with Gasteiger partial charge >= 0.3 is 0 Å². The van der Waals surface area contributed by atoms with Crippen molar-refractivity contribution in [1.29, 1.82) is 0 Å². The van der Waals surface area contributed by atoms with Crippen LogP contribution in [0.2, 0.25) is 0 Å². The summed E-state index contributed by atoms with van der Waals surface area (Å²) in [7, 11) is 0. The van der Waals surface area contributed by atoms with E-state index in [1.165, 1.54) is 24.8 Å². The Balaban J connectivity index is 1.26. The van der Waals surface area contributed by atoms with E-state index in [-0.39, 0.29) is 17.6 Å². The Labute approximate surface area is 155 Å². The fraction of sp³-hybridized carbons (Fsp3) is 0.278. The first-order valence-electron chi connectivity index (χ1n) is 8.63. The molecule has 0 radical (unpaired) electrons. The summed E-state index contributed by atoms with van der Waals surface area (Å²) < 4.78 is 14.4. The number of aromatic nitrogens is 5. The van der Waals surface area contributed by atoms with E-state index in [2.05, 4.69) is 25.4 Å². The highest BCUT2D eigenvalue weighted by atomic mass is 19.1. The molecule has 3 aromatic rings. The lowest BCUT2D eigenvalue weighted by molar-refractivity contribution is -0.125. The highest BCUT2D eigenvalue weighted by Gasteiger charge is 2.33. The number of halogens is 1. The number of hydrogen-bond acceptors (Lipinski definition) is 6. The predicted molar refractivity (Wildman–Crippen MR) is 95.8 cm³/mol. The second kappa shape index (κ2) is 7.48. The molecule has 9 heteroatoms. The fourth-order valence-electron chi connectivity index (χ4n) is 2.92. The minimum absolute atomic E-state index is 0.0268. The van der Waals surface area contributed by atoms with Crippen LogP contribution in [0.5, 0.6) is 0 Å². The van der Waals surface area contributed by atoms with Gasteiger partial charge in [0.05, 0.1) is 5.92 Å². The number of hydrogen-bond donors (Lipinski definition) is 1. The zero-order valence-electron chi connectivity index (χ0n) is 14.5. The molecule has 138 valence electrons. The average Bonchev–Trinajstić information content (AvgIpc) is 3.17. The molecule has 1 N–H and O–H groups in total. The van der Waals surface area contributed by atoms with Crippen LogP contribution in [-0.4, -0.2) is 50.3 Å². The Kier molecular flexibility index (Phi) is 4.73. The van der Waals surface area contributed by atoms with E-state index in [1.807, 2.05) is 11.0 Å². The summed E-state index contributed by atoms with van der Waals surface area (Å²) in [6.45, 7) is 1.75. The first-order valence-corrected chi connectivity index (χ1v) is 8.63. The summed E-state index contributed by atoms with van der Waals surface area (Å²) in [4.78, 5) is 26.6. The molecule has 0 aliphatic carbocycles. The normalized spacial score (nSPS) is 14.0. The van der Waals surface area contributed by atoms with E-state index in [0.29, 0.717) is 31.9 Å². The largest absolute Gasteiger partial charge is 0.355 e. The number of anilines is 1. The molecule has 0 atom stereocenters. The van der Waals surface area contributed by atoms with Gasteiger partial charge in [-0.1, -0.05) is 12.1 Å². The second-order valence-electron chi connectivity index (χ2n) is 6.34. The quantitative estimate of drug-likeness (QED) is 0.699. The minimum atomic E-state index is -0.256. The van der Waals surface area contributed by atoms with Crippen LogP contribution in [0.3, 0.4) is 0 Å². The molecule has 27 heavy (non-hydrogen) atoms. The Bertz CT molecular complexity index is 908. The van der Waals surface area contributed by atoms with Crippen molar-refractivity contribution in [3.05, 3.63) is 60.7 Å². The fourth-order valence-corrected chi connectivity index (χ4v) is 2.92. The minimum Gasteiger partial charge on any atom is -0.355 e. The average molecular weight is 367 g/mol. The Hall–Kier alpha value is -3.36. The molecule has 1 saturated heterocycles. The van der Waals surface area contributed by atoms with Gasteiger partial charge in [-0.2, -0.15) is 5.10 Å². The molecule has 0 bridgehead atoms. The lowest BCUT2D eigenvalue weighted by Gasteiger charge is -2.39. The van der Waals surface area contributed by atoms with Crippen molar-refractivity contribution >= 4 is 11.7 Å². The van der Waals surface area contributed by atoms with Crippen LogP contribution in [0.25, 0.3) is 5.82 Å². The summed E-state index contributed by atoms with van der Waals surface area (Å²) >= 11 is 0. The van der Waals surface area contributed by atoms with Crippen molar-refractivity contribution in [2.75, 3.05) is 24.5 Å². The van der Waals surface area contributed by atoms with E-state index in [0.717, 1.165) is 11.4 Å². The van der Waals surface area contributed by atoms with Crippen LogP contribution < -0.4 is 10.2 Å². The maximum absolute atomic E-state index is 12.9. The number of carbonyl (C=O) groups is 1. The first-order chi connectivity index (χ1) is 13.2. The summed E-state index contributed by atoms with van der Waals surface area (Å²) in [6, 6.07) is 8.13. The summed E-state index contributed by atoms with van der Waals surface area (Å²) in [5.74, 6) is 1.09. The Morgan fingerprint density at radius 2 is 1.93 bits per heavy atom. The van der Waals surface area contributed by atoms with E-state index < -0.39 is 0 Å². The molecule has 1 amide bonds. The number of rotatable bonds is 6. The maximum atomic E-state index is 12.9. The van der Waals surface area contributed by atoms with Gasteiger partial charge in [-0.15, -0.1) is 0 Å². The van der Waals surface area contributed by atoms with Gasteiger partial charge < -0.3 is 10.2 Å². The summed E-state index contributed by atoms with van der Waals surface area (Å²) in [5, 5.41) is 6.99. The molecule has 1 aromatic carbocycles. The molecule has 0 spiro atoms. The van der Waals surface area contributed by atoms with Crippen molar-refractivity contribution in [2.45, 2.75) is 6.42 Å². The highest BCUT2D eigenvalue weighted by Crippen LogP contribution is 2.23. The molecular weight excluding hydrogens is 349 g/mol. The molecule has 2 aromatic heterocycles. The van der Waals surface area contributed by atoms with Gasteiger partial charge in [0, 0.05) is 25.7 Å². The number of benzene rings is 1. The zero-order chi connectivity index (χ0) is 18.6. The van der Waals surface area contributed by atoms with Gasteiger partial charge in [-0.25, -0.2) is 24.0 Å². The van der Waals surface area contributed by atoms with Crippen LogP contribution in [0.4, 0.5) is 10.2 Å². The van der Waals surface area contributed by atoms with Crippen LogP contribution in [-0.2, 0) is 11.2 Å². The predicted octanol–water partition coefficient (Wildman–Crippen LogP) is 0.991. The van der Waals surface area contributed by atoms with Crippen molar-refractivity contribution in [1.82, 2.24) is 30.0 Å². The van der Waals surface area contributed by atoms with Gasteiger partial charge in [0.1, 0.15) is 30.6 Å². The van der Waals surface area contributed by atoms with E-state index in [1.54, 1.807) is 23.1 Å². The standard InChI is InChI=1S/C18H18FN7O/c19-15-3-1-13(2-4-15)5-6-21-18(27)14-8-25(9-14)16-7-17(23-11-22-16)26-12-20-10-24-26/h1-4,7,10-12,14H,5-6,8-9H2,(H,21,27). The van der Waals surface area contributed by atoms with Gasteiger partial charge in [0.2, 0.25) is 5.91 Å². The van der Waals surface area contributed by atoms with E-state index in [9.17, 15) is 9.18 Å². The number of nitrogens with zero attached hydrogens (tertiary/aromatic N) is 6. The van der Waals surface area contributed by atoms with Gasteiger partial charge in [-0.3, -0.25) is 4.79 Å². The monoisotopic (exact) mass is 367 g/mol. The molecular formula is C18H18FN7O. The SMILES string of the molecule is O=C(NCCc1ccc(F)cc1)C1CN(c2cc(-n3cncn3)ncn2)C1. The lowest BCUT2D eigenvalue weighted by atomic mass is 9.99. The van der Waals surface area contributed by atoms with Crippen molar-refractivity contribution in [3.63, 3.8) is 0 Å². The van der Waals surface area contributed by atoms with E-state index >= 15 is 0 Å². The van der Waals surface area contributed by atoms with Crippen LogP contribution in [0, 0.1) is 11.7 Å². The van der Waals surface area contributed by atoms with Gasteiger partial charge in [0.15, 0.2) is 5.82 Å². The highest BCUT2D eigenvalue weighted by molar-refractivity contribution is 5.81. The van der Waals surface area contributed by atoms with Crippen LogP contribution >= 0.6 is 0 Å². The smallest absolute Gasteiger partial charge is 0.226 e. The number of nitrogens with one attached hydrogen (secondary N) is 1. The number of amides is 1. The molecule has 3 heterocycles. The van der Waals surface area contributed by atoms with Gasteiger partial charge in [-0.05, 0) is 24.1 Å². The Morgan fingerprint density at radius 3 is 2.67 bits per heavy atom. The van der Waals surface area contributed by atoms with E-state index in [4.69, 9.17) is 0 Å². The third kappa shape index (κ3) is 3.91. The van der Waals surface area contributed by atoms with Crippen molar-refractivity contribution < 1.29 is 9.18 Å². The second-order valence-corrected chi connectivity index (χ2v) is 6.34. The van der Waals surface area contributed by atoms with Crippen molar-refractivity contribution in [3.8, 4) is 5.82 Å². The number of carbonyl (C=O) groups excluding carboxylic acids is 1. The first kappa shape index (κ1) is 17.1. The molecule has 1 fully saturated rings. The Morgan fingerprint density at radius 1 is 1.15 bits per heavy atom. The molecule has 0 saturated carbocycles. The van der Waals surface area contributed by atoms with Crippen LogP contribution in [0.15, 0.2) is 49.3 Å². The maximum Gasteiger partial charge on any atom is 0.226 e. The summed E-state index contributed by atoms with van der Waals surface area (Å²) in [5.41, 5.74) is 0.994.